The van der Waals surface area contributed by atoms with Crippen LogP contribution in [0.1, 0.15) is 35.4 Å². The Kier molecular flexibility index (Phi) is 5.74. The highest BCUT2D eigenvalue weighted by Gasteiger charge is 2.19. The molecule has 6 nitrogen and oxygen atoms in total. The van der Waals surface area contributed by atoms with E-state index in [1.165, 1.54) is 11.1 Å². The minimum Gasteiger partial charge on any atom is -0.389 e. The van der Waals surface area contributed by atoms with Gasteiger partial charge in [0.1, 0.15) is 5.82 Å². The molecular formula is C20H29N5O. The van der Waals surface area contributed by atoms with Crippen LogP contribution in [0.25, 0.3) is 0 Å². The first-order chi connectivity index (χ1) is 12.4. The quantitative estimate of drug-likeness (QED) is 0.829. The Hall–Kier alpha value is -2.18. The van der Waals surface area contributed by atoms with Gasteiger partial charge in [-0.3, -0.25) is 0 Å². The zero-order valence-corrected chi connectivity index (χ0v) is 16.2. The molecule has 0 radical (unpaired) electrons. The second-order valence-corrected chi connectivity index (χ2v) is 7.30. The summed E-state index contributed by atoms with van der Waals surface area (Å²) in [5, 5.41) is 13.1. The van der Waals surface area contributed by atoms with Gasteiger partial charge < -0.3 is 20.2 Å². The number of rotatable bonds is 6. The van der Waals surface area contributed by atoms with Crippen LogP contribution in [0, 0.1) is 6.92 Å². The summed E-state index contributed by atoms with van der Waals surface area (Å²) in [6.45, 7) is 7.34. The maximum Gasteiger partial charge on any atom is 0.224 e. The summed E-state index contributed by atoms with van der Waals surface area (Å²) in [5.41, 5.74) is 4.59. The fourth-order valence-electron chi connectivity index (χ4n) is 3.21. The monoisotopic (exact) mass is 355 g/mol. The molecule has 2 aromatic rings. The summed E-state index contributed by atoms with van der Waals surface area (Å²) in [6.07, 6.45) is 0.543. The number of aliphatic hydroxyl groups is 1. The molecule has 3 rings (SSSR count). The van der Waals surface area contributed by atoms with Crippen LogP contribution in [-0.2, 0) is 13.0 Å². The zero-order chi connectivity index (χ0) is 18.7. The van der Waals surface area contributed by atoms with Crippen molar-refractivity contribution in [3.8, 4) is 0 Å². The lowest BCUT2D eigenvalue weighted by Gasteiger charge is -2.30. The van der Waals surface area contributed by atoms with E-state index in [1.54, 1.807) is 0 Å². The van der Waals surface area contributed by atoms with Crippen molar-refractivity contribution in [3.05, 3.63) is 46.6 Å². The number of aryl methyl sites for hydroxylation is 1. The Balaban J connectivity index is 1.74. The van der Waals surface area contributed by atoms with Gasteiger partial charge in [0.05, 0.1) is 6.10 Å². The molecule has 0 spiro atoms. The number of anilines is 2. The number of hydrogen-bond acceptors (Lipinski definition) is 6. The van der Waals surface area contributed by atoms with Gasteiger partial charge >= 0.3 is 0 Å². The van der Waals surface area contributed by atoms with Crippen molar-refractivity contribution in [1.82, 2.24) is 14.9 Å². The third kappa shape index (κ3) is 4.51. The zero-order valence-electron chi connectivity index (χ0n) is 16.2. The fourth-order valence-corrected chi connectivity index (χ4v) is 3.21. The van der Waals surface area contributed by atoms with E-state index >= 15 is 0 Å². The number of fused-ring (bicyclic) bond motifs is 1. The predicted octanol–water partition coefficient (Wildman–Crippen LogP) is 2.37. The van der Waals surface area contributed by atoms with Gasteiger partial charge in [-0.1, -0.05) is 18.2 Å². The molecule has 0 fully saturated rings. The second kappa shape index (κ2) is 8.01. The largest absolute Gasteiger partial charge is 0.389 e. The maximum absolute atomic E-state index is 9.78. The summed E-state index contributed by atoms with van der Waals surface area (Å²) in [5.74, 6) is 1.66. The minimum atomic E-state index is -0.418. The summed E-state index contributed by atoms with van der Waals surface area (Å²) in [7, 11) is 4.11. The number of hydrogen-bond donors (Lipinski definition) is 2. The molecule has 0 aliphatic carbocycles. The number of benzene rings is 1. The van der Waals surface area contributed by atoms with Crippen molar-refractivity contribution in [2.45, 2.75) is 32.9 Å². The summed E-state index contributed by atoms with van der Waals surface area (Å²) in [4.78, 5) is 13.7. The molecule has 1 aliphatic heterocycles. The van der Waals surface area contributed by atoms with Crippen molar-refractivity contribution >= 4 is 11.8 Å². The Labute approximate surface area is 155 Å². The van der Waals surface area contributed by atoms with Gasteiger partial charge in [0.15, 0.2) is 0 Å². The fraction of sp³-hybridized carbons (Fsp3) is 0.500. The van der Waals surface area contributed by atoms with Gasteiger partial charge in [0, 0.05) is 37.9 Å². The molecule has 0 unspecified atom stereocenters. The molecule has 1 aliphatic rings. The third-order valence-electron chi connectivity index (χ3n) is 4.73. The normalized spacial score (nSPS) is 15.1. The van der Waals surface area contributed by atoms with E-state index in [9.17, 15) is 5.11 Å². The van der Waals surface area contributed by atoms with Gasteiger partial charge in [0.2, 0.25) is 5.95 Å². The van der Waals surface area contributed by atoms with E-state index in [-0.39, 0.29) is 0 Å². The Morgan fingerprint density at radius 3 is 2.77 bits per heavy atom. The van der Waals surface area contributed by atoms with Crippen LogP contribution in [0.3, 0.4) is 0 Å². The lowest BCUT2D eigenvalue weighted by atomic mass is 9.96. The first kappa shape index (κ1) is 18.6. The smallest absolute Gasteiger partial charge is 0.224 e. The molecule has 1 aromatic carbocycles. The van der Waals surface area contributed by atoms with E-state index in [1.807, 2.05) is 26.0 Å². The van der Waals surface area contributed by atoms with Crippen LogP contribution in [0.5, 0.6) is 0 Å². The molecule has 2 N–H and O–H groups in total. The molecule has 6 heteroatoms. The molecule has 140 valence electrons. The summed E-state index contributed by atoms with van der Waals surface area (Å²) < 4.78 is 0. The SMILES string of the molecule is Cc1cc(N2CCc3cc([C@@H](C)O)ccc3C2)nc(NCCN(C)C)n1. The van der Waals surface area contributed by atoms with Crippen LogP contribution < -0.4 is 10.2 Å². The van der Waals surface area contributed by atoms with Gasteiger partial charge in [-0.05, 0) is 51.1 Å². The van der Waals surface area contributed by atoms with E-state index < -0.39 is 6.10 Å². The van der Waals surface area contributed by atoms with E-state index in [4.69, 9.17) is 4.98 Å². The van der Waals surface area contributed by atoms with Crippen molar-refractivity contribution in [3.63, 3.8) is 0 Å². The minimum absolute atomic E-state index is 0.418. The molecule has 0 amide bonds. The van der Waals surface area contributed by atoms with Crippen LogP contribution >= 0.6 is 0 Å². The van der Waals surface area contributed by atoms with Crippen molar-refractivity contribution < 1.29 is 5.11 Å². The summed E-state index contributed by atoms with van der Waals surface area (Å²) in [6, 6.07) is 8.34. The average Bonchev–Trinajstić information content (AvgIpc) is 2.60. The molecule has 26 heavy (non-hydrogen) atoms. The average molecular weight is 355 g/mol. The number of likely N-dealkylation sites (N-methyl/N-ethyl adjacent to an activating group) is 1. The highest BCUT2D eigenvalue weighted by molar-refractivity contribution is 5.48. The molecule has 0 bridgehead atoms. The van der Waals surface area contributed by atoms with Gasteiger partial charge in [-0.25, -0.2) is 4.98 Å². The third-order valence-corrected chi connectivity index (χ3v) is 4.73. The summed E-state index contributed by atoms with van der Waals surface area (Å²) >= 11 is 0. The van der Waals surface area contributed by atoms with Crippen molar-refractivity contribution in [1.29, 1.82) is 0 Å². The first-order valence-corrected chi connectivity index (χ1v) is 9.21. The highest BCUT2D eigenvalue weighted by Crippen LogP contribution is 2.26. The van der Waals surface area contributed by atoms with Crippen LogP contribution in [0.2, 0.25) is 0 Å². The Morgan fingerprint density at radius 2 is 2.04 bits per heavy atom. The molecule has 0 saturated carbocycles. The number of nitrogens with one attached hydrogen (secondary N) is 1. The van der Waals surface area contributed by atoms with E-state index in [0.717, 1.165) is 49.7 Å². The first-order valence-electron chi connectivity index (χ1n) is 9.21. The standard InChI is InChI=1S/C20H29N5O/c1-14-11-19(23-20(22-14)21-8-10-24(3)4)25-9-7-17-12-16(15(2)26)5-6-18(17)13-25/h5-6,11-12,15,26H,7-10,13H2,1-4H3,(H,21,22,23)/t15-/m1/s1. The van der Waals surface area contributed by atoms with Gasteiger partial charge in [-0.15, -0.1) is 0 Å². The number of aliphatic hydroxyl groups excluding tert-OH is 1. The Bertz CT molecular complexity index is 760. The van der Waals surface area contributed by atoms with Crippen molar-refractivity contribution in [2.24, 2.45) is 0 Å². The van der Waals surface area contributed by atoms with Gasteiger partial charge in [-0.2, -0.15) is 4.98 Å². The van der Waals surface area contributed by atoms with Crippen LogP contribution in [0.15, 0.2) is 24.3 Å². The molecule has 2 heterocycles. The maximum atomic E-state index is 9.78. The predicted molar refractivity (Wildman–Crippen MR) is 106 cm³/mol. The van der Waals surface area contributed by atoms with E-state index in [2.05, 4.69) is 46.3 Å². The lowest BCUT2D eigenvalue weighted by molar-refractivity contribution is 0.199. The Morgan fingerprint density at radius 1 is 1.23 bits per heavy atom. The van der Waals surface area contributed by atoms with Gasteiger partial charge in [0.25, 0.3) is 0 Å². The molecule has 1 atom stereocenters. The lowest BCUT2D eigenvalue weighted by Crippen LogP contribution is -2.31. The second-order valence-electron chi connectivity index (χ2n) is 7.30. The molecule has 0 saturated heterocycles. The number of aromatic nitrogens is 2. The van der Waals surface area contributed by atoms with Crippen molar-refractivity contribution in [2.75, 3.05) is 43.9 Å². The molecule has 1 aromatic heterocycles. The highest BCUT2D eigenvalue weighted by atomic mass is 16.3. The van der Waals surface area contributed by atoms with E-state index in [0.29, 0.717) is 5.95 Å². The topological polar surface area (TPSA) is 64.5 Å². The molecular weight excluding hydrogens is 326 g/mol. The van der Waals surface area contributed by atoms with Crippen LogP contribution in [-0.4, -0.2) is 53.7 Å². The van der Waals surface area contributed by atoms with Crippen LogP contribution in [0.4, 0.5) is 11.8 Å². The number of nitrogens with zero attached hydrogens (tertiary/aromatic N) is 4.